The van der Waals surface area contributed by atoms with Gasteiger partial charge in [-0.05, 0) is 43.8 Å². The van der Waals surface area contributed by atoms with Gasteiger partial charge in [0.2, 0.25) is 0 Å². The average Bonchev–Trinajstić information content (AvgIpc) is 2.92. The number of hydrogen-bond acceptors (Lipinski definition) is 5. The Morgan fingerprint density at radius 1 is 1.19 bits per heavy atom. The predicted octanol–water partition coefficient (Wildman–Crippen LogP) is 3.01. The monoisotopic (exact) mass is 437 g/mol. The van der Waals surface area contributed by atoms with Crippen molar-refractivity contribution in [2.45, 2.75) is 24.8 Å². The Morgan fingerprint density at radius 2 is 1.92 bits per heavy atom. The minimum Gasteiger partial charge on any atom is -0.330 e. The van der Waals surface area contributed by atoms with Crippen LogP contribution in [0.3, 0.4) is 0 Å². The largest absolute Gasteiger partial charge is 0.330 e. The molecule has 0 spiro atoms. The summed E-state index contributed by atoms with van der Waals surface area (Å²) in [7, 11) is -3.78. The second-order valence-electron chi connectivity index (χ2n) is 5.94. The summed E-state index contributed by atoms with van der Waals surface area (Å²) < 4.78 is 32.7. The Balaban J connectivity index is 1.78. The molecule has 8 heteroatoms. The lowest BCUT2D eigenvalue weighted by Gasteiger charge is -2.10. The third kappa shape index (κ3) is 4.15. The lowest BCUT2D eigenvalue weighted by Crippen LogP contribution is -2.15. The van der Waals surface area contributed by atoms with Gasteiger partial charge in [-0.3, -0.25) is 4.18 Å². The van der Waals surface area contributed by atoms with Crippen LogP contribution >= 0.6 is 15.9 Å². The van der Waals surface area contributed by atoms with Crippen molar-refractivity contribution in [3.63, 3.8) is 0 Å². The van der Waals surface area contributed by atoms with Gasteiger partial charge >= 0.3 is 0 Å². The van der Waals surface area contributed by atoms with Gasteiger partial charge in [-0.2, -0.15) is 8.42 Å². The molecular weight excluding hydrogens is 418 g/mol. The van der Waals surface area contributed by atoms with E-state index < -0.39 is 10.1 Å². The van der Waals surface area contributed by atoms with Crippen LogP contribution < -0.4 is 5.73 Å². The molecule has 0 fully saturated rings. The van der Waals surface area contributed by atoms with Crippen LogP contribution in [0.15, 0.2) is 51.8 Å². The van der Waals surface area contributed by atoms with Crippen molar-refractivity contribution in [3.8, 4) is 0 Å². The number of halogens is 1. The Labute approximate surface area is 161 Å². The Hall–Kier alpha value is -1.74. The second-order valence-corrected chi connectivity index (χ2v) is 8.47. The van der Waals surface area contributed by atoms with E-state index in [-0.39, 0.29) is 11.5 Å². The number of imidazole rings is 1. The number of rotatable bonds is 7. The van der Waals surface area contributed by atoms with Gasteiger partial charge in [-0.1, -0.05) is 33.6 Å². The van der Waals surface area contributed by atoms with E-state index >= 15 is 0 Å². The first-order valence-electron chi connectivity index (χ1n) is 8.21. The van der Waals surface area contributed by atoms with Crippen molar-refractivity contribution in [2.75, 3.05) is 13.2 Å². The van der Waals surface area contributed by atoms with Gasteiger partial charge in [-0.25, -0.2) is 4.98 Å². The number of hydrogen-bond donors (Lipinski definition) is 1. The van der Waals surface area contributed by atoms with Crippen LogP contribution in [-0.4, -0.2) is 31.1 Å². The SMILES string of the molecule is Cc1ccc(S(=O)(=O)OCCn2c(CCN)nc3cc(Br)ccc32)cc1. The molecule has 0 radical (unpaired) electrons. The third-order valence-electron chi connectivity index (χ3n) is 4.02. The standard InChI is InChI=1S/C18H20BrN3O3S/c1-13-2-5-15(6-3-13)26(23,24)25-11-10-22-17-7-4-14(19)12-16(17)21-18(22)8-9-20/h2-7,12H,8-11,20H2,1H3. The van der Waals surface area contributed by atoms with Gasteiger partial charge in [0, 0.05) is 17.4 Å². The topological polar surface area (TPSA) is 87.2 Å². The zero-order chi connectivity index (χ0) is 18.7. The summed E-state index contributed by atoms with van der Waals surface area (Å²) in [6, 6.07) is 12.4. The zero-order valence-corrected chi connectivity index (χ0v) is 16.8. The third-order valence-corrected chi connectivity index (χ3v) is 5.84. The summed E-state index contributed by atoms with van der Waals surface area (Å²) in [5.41, 5.74) is 8.43. The van der Waals surface area contributed by atoms with E-state index in [0.717, 1.165) is 26.9 Å². The van der Waals surface area contributed by atoms with Crippen molar-refractivity contribution in [1.29, 1.82) is 0 Å². The molecule has 6 nitrogen and oxygen atoms in total. The van der Waals surface area contributed by atoms with Crippen LogP contribution in [0.4, 0.5) is 0 Å². The fraction of sp³-hybridized carbons (Fsp3) is 0.278. The minimum atomic E-state index is -3.78. The number of aromatic nitrogens is 2. The Kier molecular flexibility index (Phi) is 5.76. The van der Waals surface area contributed by atoms with Crippen LogP contribution in [0.2, 0.25) is 0 Å². The highest BCUT2D eigenvalue weighted by Gasteiger charge is 2.16. The van der Waals surface area contributed by atoms with Gasteiger partial charge in [0.1, 0.15) is 5.82 Å². The lowest BCUT2D eigenvalue weighted by molar-refractivity contribution is 0.300. The first-order chi connectivity index (χ1) is 12.4. The molecule has 0 saturated heterocycles. The van der Waals surface area contributed by atoms with Crippen LogP contribution in [0, 0.1) is 6.92 Å². The van der Waals surface area contributed by atoms with Crippen molar-refractivity contribution >= 4 is 37.1 Å². The number of nitrogens with zero attached hydrogens (tertiary/aromatic N) is 2. The minimum absolute atomic E-state index is 0.0231. The normalized spacial score (nSPS) is 12.0. The molecule has 3 aromatic rings. The van der Waals surface area contributed by atoms with Gasteiger partial charge in [-0.15, -0.1) is 0 Å². The van der Waals surface area contributed by atoms with E-state index in [0.29, 0.717) is 19.5 Å². The summed E-state index contributed by atoms with van der Waals surface area (Å²) in [5.74, 6) is 0.817. The maximum Gasteiger partial charge on any atom is 0.297 e. The molecule has 0 amide bonds. The summed E-state index contributed by atoms with van der Waals surface area (Å²) in [6.45, 7) is 2.76. The highest BCUT2D eigenvalue weighted by molar-refractivity contribution is 9.10. The molecule has 0 atom stereocenters. The fourth-order valence-electron chi connectivity index (χ4n) is 2.73. The molecule has 2 aromatic carbocycles. The van der Waals surface area contributed by atoms with Crippen LogP contribution in [0.1, 0.15) is 11.4 Å². The van der Waals surface area contributed by atoms with E-state index in [9.17, 15) is 8.42 Å². The fourth-order valence-corrected chi connectivity index (χ4v) is 3.98. The summed E-state index contributed by atoms with van der Waals surface area (Å²) in [5, 5.41) is 0. The van der Waals surface area contributed by atoms with Gasteiger partial charge in [0.15, 0.2) is 0 Å². The molecule has 0 saturated carbocycles. The van der Waals surface area contributed by atoms with E-state index in [1.54, 1.807) is 24.3 Å². The van der Waals surface area contributed by atoms with E-state index in [1.807, 2.05) is 29.7 Å². The summed E-state index contributed by atoms with van der Waals surface area (Å²) >= 11 is 3.44. The molecule has 0 aliphatic heterocycles. The van der Waals surface area contributed by atoms with Crippen molar-refractivity contribution in [3.05, 3.63) is 58.3 Å². The molecule has 0 bridgehead atoms. The van der Waals surface area contributed by atoms with E-state index in [2.05, 4.69) is 20.9 Å². The molecule has 138 valence electrons. The molecule has 1 aromatic heterocycles. The number of nitrogens with two attached hydrogens (primary N) is 1. The molecule has 0 aliphatic carbocycles. The molecular formula is C18H20BrN3O3S. The van der Waals surface area contributed by atoms with Gasteiger partial charge in [0.25, 0.3) is 10.1 Å². The smallest absolute Gasteiger partial charge is 0.297 e. The average molecular weight is 438 g/mol. The lowest BCUT2D eigenvalue weighted by atomic mass is 10.2. The number of benzene rings is 2. The van der Waals surface area contributed by atoms with Crippen LogP contribution in [-0.2, 0) is 27.3 Å². The number of aryl methyl sites for hydroxylation is 1. The molecule has 2 N–H and O–H groups in total. The number of fused-ring (bicyclic) bond motifs is 1. The first-order valence-corrected chi connectivity index (χ1v) is 10.4. The molecule has 0 unspecified atom stereocenters. The van der Waals surface area contributed by atoms with Crippen molar-refractivity contribution in [2.24, 2.45) is 5.73 Å². The Bertz CT molecular complexity index is 1010. The maximum atomic E-state index is 12.3. The highest BCUT2D eigenvalue weighted by atomic mass is 79.9. The summed E-state index contributed by atoms with van der Waals surface area (Å²) in [4.78, 5) is 4.75. The molecule has 3 rings (SSSR count). The summed E-state index contributed by atoms with van der Waals surface area (Å²) in [6.07, 6.45) is 0.608. The first kappa shape index (κ1) is 19.0. The molecule has 1 heterocycles. The Morgan fingerprint density at radius 3 is 2.62 bits per heavy atom. The zero-order valence-electron chi connectivity index (χ0n) is 14.4. The van der Waals surface area contributed by atoms with Crippen LogP contribution in [0.25, 0.3) is 11.0 Å². The second kappa shape index (κ2) is 7.87. The maximum absolute atomic E-state index is 12.3. The highest BCUT2D eigenvalue weighted by Crippen LogP contribution is 2.21. The molecule has 0 aliphatic rings. The van der Waals surface area contributed by atoms with Crippen molar-refractivity contribution < 1.29 is 12.6 Å². The van der Waals surface area contributed by atoms with Crippen molar-refractivity contribution in [1.82, 2.24) is 9.55 Å². The molecule has 26 heavy (non-hydrogen) atoms. The predicted molar refractivity (Wildman–Crippen MR) is 105 cm³/mol. The quantitative estimate of drug-likeness (QED) is 0.573. The van der Waals surface area contributed by atoms with Crippen LogP contribution in [0.5, 0.6) is 0 Å². The van der Waals surface area contributed by atoms with E-state index in [1.165, 1.54) is 0 Å². The van der Waals surface area contributed by atoms with Gasteiger partial charge < -0.3 is 10.3 Å². The van der Waals surface area contributed by atoms with Gasteiger partial charge in [0.05, 0.1) is 22.5 Å². The van der Waals surface area contributed by atoms with E-state index in [4.69, 9.17) is 9.92 Å².